The SMILES string of the molecule is C=C1C(=O)OC2C=C(C(=O)O)C(C(=O)C=C(C)CC)CC=C(C)CC(O)C12. The lowest BCUT2D eigenvalue weighted by molar-refractivity contribution is -0.138. The van der Waals surface area contributed by atoms with Crippen LogP contribution in [0.15, 0.2) is 47.1 Å². The molecule has 1 fully saturated rings. The van der Waals surface area contributed by atoms with Crippen molar-refractivity contribution in [3.63, 3.8) is 0 Å². The Kier molecular flexibility index (Phi) is 6.54. The number of esters is 1. The van der Waals surface area contributed by atoms with E-state index in [1.54, 1.807) is 13.0 Å². The Morgan fingerprint density at radius 1 is 1.41 bits per heavy atom. The number of fused-ring (bicyclic) bond motifs is 1. The van der Waals surface area contributed by atoms with Crippen molar-refractivity contribution in [2.45, 2.75) is 52.2 Å². The summed E-state index contributed by atoms with van der Waals surface area (Å²) in [6, 6.07) is 0. The predicted molar refractivity (Wildman–Crippen MR) is 99.8 cm³/mol. The van der Waals surface area contributed by atoms with Crippen LogP contribution in [-0.4, -0.2) is 40.1 Å². The number of aliphatic hydroxyl groups is 1. The molecule has 6 heteroatoms. The van der Waals surface area contributed by atoms with E-state index in [-0.39, 0.29) is 29.8 Å². The number of ketones is 1. The molecule has 27 heavy (non-hydrogen) atoms. The third kappa shape index (κ3) is 4.63. The first-order chi connectivity index (χ1) is 12.6. The van der Waals surface area contributed by atoms with Gasteiger partial charge in [0, 0.05) is 11.1 Å². The molecule has 0 amide bonds. The fraction of sp³-hybridized carbons (Fsp3) is 0.476. The molecule has 0 radical (unpaired) electrons. The Morgan fingerprint density at radius 3 is 2.67 bits per heavy atom. The average Bonchev–Trinajstić information content (AvgIpc) is 2.87. The van der Waals surface area contributed by atoms with Gasteiger partial charge in [-0.05, 0) is 45.3 Å². The molecule has 2 aliphatic rings. The molecule has 1 aliphatic carbocycles. The number of allylic oxidation sites excluding steroid dienone is 3. The maximum atomic E-state index is 12.8. The van der Waals surface area contributed by atoms with E-state index in [1.165, 1.54) is 12.2 Å². The van der Waals surface area contributed by atoms with Crippen LogP contribution in [0.3, 0.4) is 0 Å². The number of rotatable bonds is 4. The first-order valence-electron chi connectivity index (χ1n) is 9.05. The van der Waals surface area contributed by atoms with Gasteiger partial charge >= 0.3 is 11.9 Å². The van der Waals surface area contributed by atoms with Crippen molar-refractivity contribution in [3.05, 3.63) is 47.1 Å². The van der Waals surface area contributed by atoms with Crippen molar-refractivity contribution in [1.82, 2.24) is 0 Å². The lowest BCUT2D eigenvalue weighted by Crippen LogP contribution is -2.31. The normalized spacial score (nSPS) is 29.4. The monoisotopic (exact) mass is 374 g/mol. The van der Waals surface area contributed by atoms with Gasteiger partial charge in [-0.1, -0.05) is 30.7 Å². The molecule has 6 nitrogen and oxygen atoms in total. The number of ether oxygens (including phenoxy) is 1. The average molecular weight is 374 g/mol. The van der Waals surface area contributed by atoms with E-state index in [0.29, 0.717) is 6.42 Å². The van der Waals surface area contributed by atoms with Crippen molar-refractivity contribution in [2.24, 2.45) is 11.8 Å². The number of carboxylic acids is 1. The number of hydrogen-bond donors (Lipinski definition) is 2. The van der Waals surface area contributed by atoms with Gasteiger partial charge in [0.05, 0.1) is 17.9 Å². The molecule has 2 rings (SSSR count). The van der Waals surface area contributed by atoms with Crippen LogP contribution >= 0.6 is 0 Å². The molecule has 4 atom stereocenters. The Balaban J connectivity index is 2.56. The van der Waals surface area contributed by atoms with E-state index in [0.717, 1.165) is 11.1 Å². The third-order valence-electron chi connectivity index (χ3n) is 5.17. The highest BCUT2D eigenvalue weighted by Gasteiger charge is 2.43. The van der Waals surface area contributed by atoms with E-state index in [4.69, 9.17) is 4.74 Å². The van der Waals surface area contributed by atoms with Crippen LogP contribution in [0.1, 0.15) is 40.0 Å². The predicted octanol–water partition coefficient (Wildman–Crippen LogP) is 2.74. The fourth-order valence-corrected chi connectivity index (χ4v) is 3.41. The van der Waals surface area contributed by atoms with Gasteiger partial charge in [-0.15, -0.1) is 0 Å². The van der Waals surface area contributed by atoms with Gasteiger partial charge in [-0.3, -0.25) is 4.79 Å². The molecule has 0 aromatic carbocycles. The summed E-state index contributed by atoms with van der Waals surface area (Å²) >= 11 is 0. The van der Waals surface area contributed by atoms with Gasteiger partial charge in [-0.25, -0.2) is 9.59 Å². The van der Waals surface area contributed by atoms with Crippen LogP contribution in [0.4, 0.5) is 0 Å². The second-order valence-corrected chi connectivity index (χ2v) is 7.20. The lowest BCUT2D eigenvalue weighted by Gasteiger charge is -2.24. The topological polar surface area (TPSA) is 101 Å². The summed E-state index contributed by atoms with van der Waals surface area (Å²) in [6.07, 6.45) is 3.84. The summed E-state index contributed by atoms with van der Waals surface area (Å²) in [7, 11) is 0. The maximum absolute atomic E-state index is 12.8. The number of hydrogen-bond acceptors (Lipinski definition) is 5. The van der Waals surface area contributed by atoms with Gasteiger partial charge in [-0.2, -0.15) is 0 Å². The van der Waals surface area contributed by atoms with Crippen molar-refractivity contribution >= 4 is 17.7 Å². The number of aliphatic hydroxyl groups excluding tert-OH is 1. The molecule has 4 unspecified atom stereocenters. The molecule has 2 N–H and O–H groups in total. The number of carbonyl (C=O) groups is 3. The minimum Gasteiger partial charge on any atom is -0.478 e. The summed E-state index contributed by atoms with van der Waals surface area (Å²) in [6.45, 7) is 9.23. The summed E-state index contributed by atoms with van der Waals surface area (Å²) in [5, 5.41) is 20.2. The molecule has 0 aromatic rings. The molecule has 146 valence electrons. The third-order valence-corrected chi connectivity index (χ3v) is 5.17. The largest absolute Gasteiger partial charge is 0.478 e. The van der Waals surface area contributed by atoms with Crippen molar-refractivity contribution in [3.8, 4) is 0 Å². The Bertz CT molecular complexity index is 755. The van der Waals surface area contributed by atoms with Crippen LogP contribution in [0, 0.1) is 11.8 Å². The van der Waals surface area contributed by atoms with E-state index in [9.17, 15) is 24.6 Å². The van der Waals surface area contributed by atoms with Crippen LogP contribution in [0.25, 0.3) is 0 Å². The second kappa shape index (κ2) is 8.48. The molecule has 1 saturated heterocycles. The van der Waals surface area contributed by atoms with E-state index >= 15 is 0 Å². The van der Waals surface area contributed by atoms with E-state index in [2.05, 4.69) is 6.58 Å². The van der Waals surface area contributed by atoms with Crippen molar-refractivity contribution in [1.29, 1.82) is 0 Å². The standard InChI is InChI=1S/C21H26O6/c1-5-11(2)8-16(22)14-7-6-12(3)9-17(23)19-13(4)21(26)27-18(19)10-15(14)20(24)25/h6,8,10,14,17-19,23H,4-5,7,9H2,1-3H3,(H,24,25). The maximum Gasteiger partial charge on any atom is 0.334 e. The second-order valence-electron chi connectivity index (χ2n) is 7.20. The van der Waals surface area contributed by atoms with Gasteiger partial charge in [0.15, 0.2) is 5.78 Å². The number of aliphatic carboxylic acids is 1. The van der Waals surface area contributed by atoms with Gasteiger partial charge in [0.25, 0.3) is 0 Å². The summed E-state index contributed by atoms with van der Waals surface area (Å²) in [5.74, 6) is -3.83. The molecule has 0 saturated carbocycles. The van der Waals surface area contributed by atoms with Gasteiger partial charge < -0.3 is 14.9 Å². The molecule has 1 heterocycles. The summed E-state index contributed by atoms with van der Waals surface area (Å²) in [4.78, 5) is 36.6. The molecule has 0 spiro atoms. The quantitative estimate of drug-likeness (QED) is 0.446. The fourth-order valence-electron chi connectivity index (χ4n) is 3.41. The van der Waals surface area contributed by atoms with Crippen molar-refractivity contribution < 1.29 is 29.3 Å². The highest BCUT2D eigenvalue weighted by atomic mass is 16.6. The minimum absolute atomic E-state index is 0.117. The first-order valence-corrected chi connectivity index (χ1v) is 9.05. The highest BCUT2D eigenvalue weighted by Crippen LogP contribution is 2.35. The summed E-state index contributed by atoms with van der Waals surface area (Å²) in [5.41, 5.74) is 1.66. The zero-order valence-corrected chi connectivity index (χ0v) is 15.9. The van der Waals surface area contributed by atoms with Crippen LogP contribution in [-0.2, 0) is 19.1 Å². The molecule has 0 aromatic heterocycles. The Morgan fingerprint density at radius 2 is 2.07 bits per heavy atom. The summed E-state index contributed by atoms with van der Waals surface area (Å²) < 4.78 is 5.24. The van der Waals surface area contributed by atoms with E-state index < -0.39 is 36.0 Å². The van der Waals surface area contributed by atoms with Gasteiger partial charge in [0.2, 0.25) is 0 Å². The molecule has 0 bridgehead atoms. The highest BCUT2D eigenvalue weighted by molar-refractivity contribution is 6.02. The zero-order chi connectivity index (χ0) is 20.3. The smallest absolute Gasteiger partial charge is 0.334 e. The van der Waals surface area contributed by atoms with E-state index in [1.807, 2.05) is 13.8 Å². The van der Waals surface area contributed by atoms with Crippen LogP contribution in [0.5, 0.6) is 0 Å². The molecular weight excluding hydrogens is 348 g/mol. The molecular formula is C21H26O6. The Hall–Kier alpha value is -2.47. The van der Waals surface area contributed by atoms with Gasteiger partial charge in [0.1, 0.15) is 6.10 Å². The van der Waals surface area contributed by atoms with Crippen LogP contribution < -0.4 is 0 Å². The first kappa shape index (κ1) is 20.8. The Labute approximate surface area is 158 Å². The van der Waals surface area contributed by atoms with Crippen molar-refractivity contribution in [2.75, 3.05) is 0 Å². The zero-order valence-electron chi connectivity index (χ0n) is 15.9. The minimum atomic E-state index is -1.25. The number of carbonyl (C=O) groups excluding carboxylic acids is 2. The van der Waals surface area contributed by atoms with Crippen LogP contribution in [0.2, 0.25) is 0 Å². The lowest BCUT2D eigenvalue weighted by atomic mass is 9.82. The number of carboxylic acid groups (broad SMARTS) is 1. The molecule has 1 aliphatic heterocycles.